The molecule has 4 rings (SSSR count). The summed E-state index contributed by atoms with van der Waals surface area (Å²) in [6.07, 6.45) is 2.07. The molecule has 2 aliphatic carbocycles. The minimum absolute atomic E-state index is 0.0251. The predicted octanol–water partition coefficient (Wildman–Crippen LogP) is 4.31. The fourth-order valence-corrected chi connectivity index (χ4v) is 4.95. The Labute approximate surface area is 199 Å². The first-order chi connectivity index (χ1) is 16.3. The maximum absolute atomic E-state index is 12.8. The van der Waals surface area contributed by atoms with E-state index < -0.39 is 23.4 Å². The van der Waals surface area contributed by atoms with Gasteiger partial charge < -0.3 is 20.5 Å². The van der Waals surface area contributed by atoms with Crippen molar-refractivity contribution in [2.45, 2.75) is 51.5 Å². The van der Waals surface area contributed by atoms with Crippen molar-refractivity contribution in [2.24, 2.45) is 11.3 Å². The van der Waals surface area contributed by atoms with Crippen molar-refractivity contribution in [3.63, 3.8) is 0 Å². The Balaban J connectivity index is 1.29. The second-order valence-electron chi connectivity index (χ2n) is 9.94. The van der Waals surface area contributed by atoms with Crippen LogP contribution in [0.4, 0.5) is 4.79 Å². The van der Waals surface area contributed by atoms with Gasteiger partial charge in [-0.3, -0.25) is 9.59 Å². The number of ether oxygens (including phenoxy) is 1. The van der Waals surface area contributed by atoms with Gasteiger partial charge in [-0.15, -0.1) is 0 Å². The van der Waals surface area contributed by atoms with Crippen molar-refractivity contribution < 1.29 is 24.2 Å². The van der Waals surface area contributed by atoms with Crippen LogP contribution in [0.5, 0.6) is 0 Å². The Morgan fingerprint density at radius 1 is 1.00 bits per heavy atom. The van der Waals surface area contributed by atoms with E-state index in [0.29, 0.717) is 12.8 Å². The number of carbonyl (C=O) groups is 3. The van der Waals surface area contributed by atoms with Crippen LogP contribution < -0.4 is 10.6 Å². The van der Waals surface area contributed by atoms with Crippen LogP contribution in [0.15, 0.2) is 48.5 Å². The van der Waals surface area contributed by atoms with E-state index in [1.165, 1.54) is 0 Å². The van der Waals surface area contributed by atoms with Crippen LogP contribution in [0.2, 0.25) is 0 Å². The topological polar surface area (TPSA) is 105 Å². The fourth-order valence-electron chi connectivity index (χ4n) is 4.95. The zero-order valence-electron chi connectivity index (χ0n) is 19.7. The molecule has 1 saturated carbocycles. The molecule has 0 heterocycles. The Hall–Kier alpha value is -3.35. The van der Waals surface area contributed by atoms with Crippen LogP contribution >= 0.6 is 0 Å². The molecule has 2 aliphatic rings. The van der Waals surface area contributed by atoms with Gasteiger partial charge in [0.1, 0.15) is 6.61 Å². The number of carboxylic acid groups (broad SMARTS) is 1. The van der Waals surface area contributed by atoms with Crippen molar-refractivity contribution in [1.82, 2.24) is 10.6 Å². The van der Waals surface area contributed by atoms with E-state index in [0.717, 1.165) is 35.1 Å². The number of rotatable bonds is 7. The minimum Gasteiger partial charge on any atom is -0.481 e. The molecule has 0 aromatic heterocycles. The van der Waals surface area contributed by atoms with Crippen LogP contribution in [0.25, 0.3) is 11.1 Å². The lowest BCUT2D eigenvalue weighted by atomic mass is 9.84. The molecule has 0 spiro atoms. The molecule has 2 aromatic carbocycles. The number of carbonyl (C=O) groups excluding carboxylic acids is 2. The lowest BCUT2D eigenvalue weighted by Crippen LogP contribution is -2.49. The van der Waals surface area contributed by atoms with Gasteiger partial charge in [0.15, 0.2) is 0 Å². The smallest absolute Gasteiger partial charge is 0.407 e. The molecule has 0 unspecified atom stereocenters. The van der Waals surface area contributed by atoms with Crippen LogP contribution in [-0.2, 0) is 14.3 Å². The largest absolute Gasteiger partial charge is 0.481 e. The van der Waals surface area contributed by atoms with E-state index in [4.69, 9.17) is 4.74 Å². The fraction of sp³-hybridized carbons (Fsp3) is 0.444. The first kappa shape index (κ1) is 23.8. The highest BCUT2D eigenvalue weighted by Crippen LogP contribution is 2.44. The normalized spacial score (nSPS) is 19.6. The van der Waals surface area contributed by atoms with Gasteiger partial charge in [0.25, 0.3) is 0 Å². The number of amides is 2. The third-order valence-corrected chi connectivity index (χ3v) is 6.99. The van der Waals surface area contributed by atoms with Gasteiger partial charge in [0.05, 0.1) is 11.3 Å². The van der Waals surface area contributed by atoms with Crippen LogP contribution in [0, 0.1) is 11.3 Å². The molecule has 180 valence electrons. The molecular formula is C27H32N2O5. The summed E-state index contributed by atoms with van der Waals surface area (Å²) >= 11 is 0. The maximum Gasteiger partial charge on any atom is 0.407 e. The summed E-state index contributed by atoms with van der Waals surface area (Å²) in [6, 6.07) is 16.1. The first-order valence-corrected chi connectivity index (χ1v) is 11.9. The highest BCUT2D eigenvalue weighted by Gasteiger charge is 2.34. The molecule has 3 N–H and O–H groups in total. The number of hydrogen-bond acceptors (Lipinski definition) is 4. The number of alkyl carbamates (subject to hydrolysis) is 1. The van der Waals surface area contributed by atoms with Gasteiger partial charge in [0.2, 0.25) is 5.91 Å². The van der Waals surface area contributed by atoms with E-state index in [2.05, 4.69) is 34.9 Å². The van der Waals surface area contributed by atoms with Crippen molar-refractivity contribution in [2.75, 3.05) is 13.2 Å². The summed E-state index contributed by atoms with van der Waals surface area (Å²) in [7, 11) is 0. The summed E-state index contributed by atoms with van der Waals surface area (Å²) in [5.74, 6) is -1.46. The number of aliphatic carboxylic acids is 1. The molecule has 34 heavy (non-hydrogen) atoms. The number of fused-ring (bicyclic) bond motifs is 3. The molecule has 2 aromatic rings. The third kappa shape index (κ3) is 5.08. The Morgan fingerprint density at radius 2 is 1.62 bits per heavy atom. The summed E-state index contributed by atoms with van der Waals surface area (Å²) in [6.45, 7) is 3.84. The SMILES string of the molecule is CC(C)(CNC(=O)OCC1c2ccccc2-c2ccccc21)C(=O)N[C@@H]1CCC[C@H](C(=O)O)C1. The van der Waals surface area contributed by atoms with E-state index >= 15 is 0 Å². The molecular weight excluding hydrogens is 432 g/mol. The highest BCUT2D eigenvalue weighted by atomic mass is 16.5. The van der Waals surface area contributed by atoms with E-state index in [1.54, 1.807) is 13.8 Å². The van der Waals surface area contributed by atoms with Crippen molar-refractivity contribution in [3.8, 4) is 11.1 Å². The molecule has 1 fully saturated rings. The van der Waals surface area contributed by atoms with Gasteiger partial charge >= 0.3 is 12.1 Å². The van der Waals surface area contributed by atoms with E-state index in [9.17, 15) is 19.5 Å². The van der Waals surface area contributed by atoms with Crippen molar-refractivity contribution in [3.05, 3.63) is 59.7 Å². The Bertz CT molecular complexity index is 1030. The zero-order valence-corrected chi connectivity index (χ0v) is 19.7. The van der Waals surface area contributed by atoms with Crippen molar-refractivity contribution >= 4 is 18.0 Å². The van der Waals surface area contributed by atoms with Crippen LogP contribution in [0.1, 0.15) is 56.6 Å². The summed E-state index contributed by atoms with van der Waals surface area (Å²) in [5.41, 5.74) is 3.75. The molecule has 2 atom stereocenters. The second kappa shape index (κ2) is 9.87. The van der Waals surface area contributed by atoms with Crippen molar-refractivity contribution in [1.29, 1.82) is 0 Å². The van der Waals surface area contributed by atoms with Gasteiger partial charge in [-0.25, -0.2) is 4.79 Å². The molecule has 7 heteroatoms. The zero-order chi connectivity index (χ0) is 24.3. The standard InChI is InChI=1S/C27H32N2O5/c1-27(2,25(32)29-18-9-7-8-17(14-18)24(30)31)16-28-26(33)34-15-23-21-12-5-3-10-19(21)20-11-4-6-13-22(20)23/h3-6,10-13,17-18,23H,7-9,14-16H2,1-2H3,(H,28,33)(H,29,32)(H,30,31)/t17-,18+/m0/s1. The van der Waals surface area contributed by atoms with Gasteiger partial charge in [0, 0.05) is 18.5 Å². The van der Waals surface area contributed by atoms with E-state index in [-0.39, 0.29) is 31.0 Å². The lowest BCUT2D eigenvalue weighted by Gasteiger charge is -2.31. The summed E-state index contributed by atoms with van der Waals surface area (Å²) < 4.78 is 5.56. The minimum atomic E-state index is -0.859. The van der Waals surface area contributed by atoms with Crippen LogP contribution in [0.3, 0.4) is 0 Å². The number of hydrogen-bond donors (Lipinski definition) is 3. The lowest BCUT2D eigenvalue weighted by molar-refractivity contribution is -0.143. The Kier molecular flexibility index (Phi) is 6.91. The van der Waals surface area contributed by atoms with Gasteiger partial charge in [-0.2, -0.15) is 0 Å². The number of benzene rings is 2. The van der Waals surface area contributed by atoms with E-state index in [1.807, 2.05) is 24.3 Å². The molecule has 2 amide bonds. The molecule has 7 nitrogen and oxygen atoms in total. The molecule has 0 aliphatic heterocycles. The molecule has 0 bridgehead atoms. The van der Waals surface area contributed by atoms with Gasteiger partial charge in [-0.1, -0.05) is 55.0 Å². The number of carboxylic acids is 1. The van der Waals surface area contributed by atoms with Crippen LogP contribution in [-0.4, -0.2) is 42.3 Å². The third-order valence-electron chi connectivity index (χ3n) is 6.99. The highest BCUT2D eigenvalue weighted by molar-refractivity contribution is 5.83. The monoisotopic (exact) mass is 464 g/mol. The Morgan fingerprint density at radius 3 is 2.24 bits per heavy atom. The average molecular weight is 465 g/mol. The first-order valence-electron chi connectivity index (χ1n) is 11.9. The molecule has 0 radical (unpaired) electrons. The predicted molar refractivity (Wildman–Crippen MR) is 128 cm³/mol. The second-order valence-corrected chi connectivity index (χ2v) is 9.94. The number of nitrogens with one attached hydrogen (secondary N) is 2. The summed E-state index contributed by atoms with van der Waals surface area (Å²) in [5, 5.41) is 15.0. The average Bonchev–Trinajstić information content (AvgIpc) is 3.15. The van der Waals surface area contributed by atoms with Gasteiger partial charge in [-0.05, 0) is 55.4 Å². The molecule has 0 saturated heterocycles. The summed E-state index contributed by atoms with van der Waals surface area (Å²) in [4.78, 5) is 36.6. The quantitative estimate of drug-likeness (QED) is 0.566. The maximum atomic E-state index is 12.8.